The predicted molar refractivity (Wildman–Crippen MR) is 89.8 cm³/mol. The number of hydrogen-bond donors (Lipinski definition) is 1. The highest BCUT2D eigenvalue weighted by atomic mass is 35.5. The van der Waals surface area contributed by atoms with Crippen LogP contribution in [0.15, 0.2) is 23.8 Å². The van der Waals surface area contributed by atoms with Crippen molar-refractivity contribution in [3.63, 3.8) is 0 Å². The summed E-state index contributed by atoms with van der Waals surface area (Å²) in [6.45, 7) is 5.14. The van der Waals surface area contributed by atoms with Gasteiger partial charge in [0.25, 0.3) is 0 Å². The summed E-state index contributed by atoms with van der Waals surface area (Å²) in [7, 11) is 0. The van der Waals surface area contributed by atoms with Crippen molar-refractivity contribution in [1.82, 2.24) is 4.90 Å². The summed E-state index contributed by atoms with van der Waals surface area (Å²) in [5.74, 6) is 1.43. The molecular formula is C18H22ClNO3. The highest BCUT2D eigenvalue weighted by Crippen LogP contribution is 2.41. The first-order valence-corrected chi connectivity index (χ1v) is 8.59. The lowest BCUT2D eigenvalue weighted by molar-refractivity contribution is -0.0559. The van der Waals surface area contributed by atoms with Gasteiger partial charge < -0.3 is 14.6 Å². The Kier molecular flexibility index (Phi) is 4.10. The number of aliphatic hydroxyl groups excluding tert-OH is 1. The molecule has 1 N–H and O–H groups in total. The third kappa shape index (κ3) is 2.89. The molecule has 0 aromatic heterocycles. The highest BCUT2D eigenvalue weighted by molar-refractivity contribution is 6.30. The zero-order chi connectivity index (χ0) is 15.9. The molecule has 4 nitrogen and oxygen atoms in total. The molecule has 3 aliphatic heterocycles. The van der Waals surface area contributed by atoms with Crippen LogP contribution in [0.5, 0.6) is 5.75 Å². The third-order valence-corrected chi connectivity index (χ3v) is 5.60. The Hall–Kier alpha value is -1.07. The summed E-state index contributed by atoms with van der Waals surface area (Å²) in [6, 6.07) is 5.73. The van der Waals surface area contributed by atoms with Gasteiger partial charge >= 0.3 is 0 Å². The van der Waals surface area contributed by atoms with Gasteiger partial charge in [-0.1, -0.05) is 11.6 Å². The van der Waals surface area contributed by atoms with Gasteiger partial charge in [-0.3, -0.25) is 4.90 Å². The second kappa shape index (κ2) is 6.10. The van der Waals surface area contributed by atoms with Crippen LogP contribution >= 0.6 is 11.6 Å². The second-order valence-corrected chi connectivity index (χ2v) is 7.44. The van der Waals surface area contributed by atoms with E-state index in [2.05, 4.69) is 11.0 Å². The quantitative estimate of drug-likeness (QED) is 0.921. The number of rotatable bonds is 3. The van der Waals surface area contributed by atoms with Crippen LogP contribution in [0.25, 0.3) is 6.08 Å². The monoisotopic (exact) mass is 335 g/mol. The molecule has 0 aliphatic carbocycles. The van der Waals surface area contributed by atoms with Crippen molar-refractivity contribution < 1.29 is 14.6 Å². The van der Waals surface area contributed by atoms with E-state index in [-0.39, 0.29) is 12.0 Å². The Morgan fingerprint density at radius 1 is 1.39 bits per heavy atom. The van der Waals surface area contributed by atoms with Crippen molar-refractivity contribution >= 4 is 17.7 Å². The minimum atomic E-state index is -0.0739. The van der Waals surface area contributed by atoms with E-state index in [4.69, 9.17) is 21.1 Å². The molecule has 0 saturated carbocycles. The maximum absolute atomic E-state index is 9.88. The summed E-state index contributed by atoms with van der Waals surface area (Å²) < 4.78 is 11.5. The van der Waals surface area contributed by atoms with E-state index < -0.39 is 0 Å². The van der Waals surface area contributed by atoms with Crippen molar-refractivity contribution in [3.05, 3.63) is 34.4 Å². The van der Waals surface area contributed by atoms with E-state index in [1.807, 2.05) is 18.2 Å². The molecule has 3 heterocycles. The van der Waals surface area contributed by atoms with Gasteiger partial charge in [0, 0.05) is 42.2 Å². The smallest absolute Gasteiger partial charge is 0.127 e. The highest BCUT2D eigenvalue weighted by Gasteiger charge is 2.48. The van der Waals surface area contributed by atoms with Gasteiger partial charge in [0.2, 0.25) is 0 Å². The number of fused-ring (bicyclic) bond motifs is 2. The van der Waals surface area contributed by atoms with E-state index in [0.29, 0.717) is 19.1 Å². The largest absolute Gasteiger partial charge is 0.489 e. The number of aliphatic hydroxyl groups is 1. The fourth-order valence-electron chi connectivity index (χ4n) is 4.13. The van der Waals surface area contributed by atoms with Crippen molar-refractivity contribution in [3.8, 4) is 5.75 Å². The second-order valence-electron chi connectivity index (χ2n) is 7.00. The van der Waals surface area contributed by atoms with Crippen LogP contribution in [-0.4, -0.2) is 56.1 Å². The van der Waals surface area contributed by atoms with Gasteiger partial charge in [-0.15, -0.1) is 0 Å². The molecule has 0 amide bonds. The summed E-state index contributed by atoms with van der Waals surface area (Å²) >= 11 is 6.08. The van der Waals surface area contributed by atoms with Crippen molar-refractivity contribution in [2.75, 3.05) is 46.1 Å². The summed E-state index contributed by atoms with van der Waals surface area (Å²) in [6.07, 6.45) is 3.24. The van der Waals surface area contributed by atoms with Crippen molar-refractivity contribution in [2.45, 2.75) is 6.42 Å². The molecule has 23 heavy (non-hydrogen) atoms. The average molecular weight is 336 g/mol. The van der Waals surface area contributed by atoms with Crippen LogP contribution in [0, 0.1) is 11.3 Å². The van der Waals surface area contributed by atoms with Crippen LogP contribution in [-0.2, 0) is 4.74 Å². The summed E-state index contributed by atoms with van der Waals surface area (Å²) in [4.78, 5) is 2.43. The van der Waals surface area contributed by atoms with E-state index >= 15 is 0 Å². The Labute approximate surface area is 141 Å². The maximum atomic E-state index is 9.88. The van der Waals surface area contributed by atoms with Gasteiger partial charge in [0.1, 0.15) is 12.4 Å². The summed E-state index contributed by atoms with van der Waals surface area (Å²) in [5.41, 5.74) is 2.23. The van der Waals surface area contributed by atoms with E-state index in [1.54, 1.807) is 0 Å². The number of benzene rings is 1. The third-order valence-electron chi connectivity index (χ3n) is 5.37. The molecule has 124 valence electrons. The number of likely N-dealkylation sites (tertiary alicyclic amines) is 1. The first kappa shape index (κ1) is 15.5. The molecule has 2 fully saturated rings. The van der Waals surface area contributed by atoms with Gasteiger partial charge in [-0.05, 0) is 42.2 Å². The molecule has 3 aliphatic rings. The van der Waals surface area contributed by atoms with Crippen LogP contribution in [0.1, 0.15) is 12.0 Å². The number of nitrogens with zero attached hydrogens (tertiary/aromatic N) is 1. The minimum Gasteiger partial charge on any atom is -0.489 e. The van der Waals surface area contributed by atoms with Crippen LogP contribution in [0.4, 0.5) is 0 Å². The predicted octanol–water partition coefficient (Wildman–Crippen LogP) is 2.45. The van der Waals surface area contributed by atoms with Gasteiger partial charge in [0.15, 0.2) is 0 Å². The molecule has 1 aromatic rings. The molecule has 0 unspecified atom stereocenters. The van der Waals surface area contributed by atoms with Crippen LogP contribution < -0.4 is 4.74 Å². The normalized spacial score (nSPS) is 30.3. The number of hydrogen-bond acceptors (Lipinski definition) is 4. The molecule has 4 rings (SSSR count). The van der Waals surface area contributed by atoms with Crippen molar-refractivity contribution in [1.29, 1.82) is 0 Å². The van der Waals surface area contributed by atoms with Crippen molar-refractivity contribution in [2.24, 2.45) is 11.3 Å². The molecular weight excluding hydrogens is 314 g/mol. The zero-order valence-corrected chi connectivity index (χ0v) is 13.9. The molecule has 5 heteroatoms. The van der Waals surface area contributed by atoms with Gasteiger partial charge in [-0.2, -0.15) is 0 Å². The molecule has 0 bridgehead atoms. The number of ether oxygens (including phenoxy) is 2. The molecule has 0 spiro atoms. The van der Waals surface area contributed by atoms with Gasteiger partial charge in [-0.25, -0.2) is 0 Å². The average Bonchev–Trinajstić information content (AvgIpc) is 2.93. The lowest BCUT2D eigenvalue weighted by Crippen LogP contribution is -2.43. The van der Waals surface area contributed by atoms with E-state index in [9.17, 15) is 5.11 Å². The number of halogens is 1. The fourth-order valence-corrected chi connectivity index (χ4v) is 4.31. The zero-order valence-electron chi connectivity index (χ0n) is 13.1. The molecule has 2 saturated heterocycles. The standard InChI is InChI=1S/C18H22ClNO3/c19-16-1-2-17-14(6-16)5-13(9-23-17)7-20-8-15-3-4-22-12-18(15,10-20)11-21/h1-2,5-6,15,21H,3-4,7-12H2/t15-,18+/m0/s1. The Morgan fingerprint density at radius 3 is 3.13 bits per heavy atom. The molecule has 0 radical (unpaired) electrons. The Morgan fingerprint density at radius 2 is 2.30 bits per heavy atom. The Balaban J connectivity index is 1.49. The lowest BCUT2D eigenvalue weighted by Gasteiger charge is -2.36. The minimum absolute atomic E-state index is 0.0739. The lowest BCUT2D eigenvalue weighted by atomic mass is 9.76. The van der Waals surface area contributed by atoms with E-state index in [0.717, 1.165) is 49.0 Å². The van der Waals surface area contributed by atoms with Gasteiger partial charge in [0.05, 0.1) is 13.2 Å². The van der Waals surface area contributed by atoms with Crippen LogP contribution in [0.3, 0.4) is 0 Å². The molecule has 1 aromatic carbocycles. The van der Waals surface area contributed by atoms with E-state index in [1.165, 1.54) is 5.57 Å². The first-order valence-electron chi connectivity index (χ1n) is 8.21. The van der Waals surface area contributed by atoms with Crippen LogP contribution in [0.2, 0.25) is 5.02 Å². The summed E-state index contributed by atoms with van der Waals surface area (Å²) in [5, 5.41) is 10.6. The first-order chi connectivity index (χ1) is 11.2. The fraction of sp³-hybridized carbons (Fsp3) is 0.556. The SMILES string of the molecule is OC[C@]12COCC[C@H]1CN(CC1=Cc3cc(Cl)ccc3OC1)C2. The topological polar surface area (TPSA) is 41.9 Å². The molecule has 2 atom stereocenters. The maximum Gasteiger partial charge on any atom is 0.127 e. The Bertz CT molecular complexity index is 633.